The van der Waals surface area contributed by atoms with Gasteiger partial charge >= 0.3 is 11.9 Å². The van der Waals surface area contributed by atoms with E-state index in [1.165, 1.54) is 138 Å². The number of aromatic nitrogens is 3. The number of unbranched alkanes of at least 4 members (excludes halogenated alkanes) is 22. The van der Waals surface area contributed by atoms with Gasteiger partial charge in [-0.2, -0.15) is 11.8 Å². The van der Waals surface area contributed by atoms with Crippen LogP contribution < -0.4 is 11.1 Å². The van der Waals surface area contributed by atoms with Gasteiger partial charge in [0.2, 0.25) is 5.91 Å². The fourth-order valence-electron chi connectivity index (χ4n) is 6.18. The molecule has 1 aromatic heterocycles. The molecule has 13 heteroatoms. The van der Waals surface area contributed by atoms with Crippen molar-refractivity contribution in [3.8, 4) is 0 Å². The number of hydrogen-bond acceptors (Lipinski definition) is 11. The lowest BCUT2D eigenvalue weighted by Gasteiger charge is -2.19. The van der Waals surface area contributed by atoms with E-state index in [2.05, 4.69) is 29.5 Å². The van der Waals surface area contributed by atoms with E-state index in [1.807, 2.05) is 0 Å². The Morgan fingerprint density at radius 3 is 1.69 bits per heavy atom. The number of aliphatic hydroxyl groups is 2. The van der Waals surface area contributed by atoms with Crippen LogP contribution in [0.2, 0.25) is 0 Å². The van der Waals surface area contributed by atoms with Crippen LogP contribution in [0.4, 0.5) is 5.82 Å². The third-order valence-corrected chi connectivity index (χ3v) is 10.7. The average molecular weight is 784 g/mol. The first-order valence-corrected chi connectivity index (χ1v) is 22.6. The number of ether oxygens (including phenoxy) is 2. The molecule has 5 N–H and O–H groups in total. The molecule has 0 aliphatic carbocycles. The van der Waals surface area contributed by atoms with Gasteiger partial charge in [-0.1, -0.05) is 160 Å². The van der Waals surface area contributed by atoms with Crippen LogP contribution >= 0.6 is 11.8 Å². The molecule has 314 valence electrons. The molecule has 0 saturated carbocycles. The molecule has 12 nitrogen and oxygen atoms in total. The summed E-state index contributed by atoms with van der Waals surface area (Å²) in [6.07, 6.45) is 29.7. The zero-order valence-electron chi connectivity index (χ0n) is 34.0. The van der Waals surface area contributed by atoms with Gasteiger partial charge in [-0.15, -0.1) is 5.10 Å². The minimum atomic E-state index is -0.992. The van der Waals surface area contributed by atoms with E-state index in [0.29, 0.717) is 18.6 Å². The van der Waals surface area contributed by atoms with Crippen molar-refractivity contribution in [2.45, 2.75) is 206 Å². The maximum Gasteiger partial charge on any atom is 0.306 e. The molecule has 0 aliphatic heterocycles. The highest BCUT2D eigenvalue weighted by atomic mass is 32.2. The smallest absolute Gasteiger partial charge is 0.306 e. The van der Waals surface area contributed by atoms with Crippen LogP contribution in [0.3, 0.4) is 0 Å². The summed E-state index contributed by atoms with van der Waals surface area (Å²) in [5.74, 6) is -0.317. The van der Waals surface area contributed by atoms with Crippen molar-refractivity contribution in [1.29, 1.82) is 0 Å². The van der Waals surface area contributed by atoms with E-state index in [-0.39, 0.29) is 36.7 Å². The number of esters is 2. The maximum atomic E-state index is 12.8. The summed E-state index contributed by atoms with van der Waals surface area (Å²) in [5.41, 5.74) is 6.12. The Bertz CT molecular complexity index is 1060. The number of amides is 1. The molecule has 0 radical (unpaired) electrons. The number of carbonyl (C=O) groups excluding carboxylic acids is 3. The van der Waals surface area contributed by atoms with Gasteiger partial charge < -0.3 is 30.7 Å². The third-order valence-electron chi connectivity index (χ3n) is 9.53. The number of aliphatic hydroxyl groups excluding tert-OH is 2. The Labute approximate surface area is 331 Å². The molecule has 3 atom stereocenters. The fraction of sp³-hybridized carbons (Fsp3) is 0.878. The standard InChI is InChI=1S/C41H77N5O7S/c1-3-5-7-9-11-13-15-17-19-21-23-25-27-39(49)52-32-36(53-40(50)28-26-24-22-20-18-16-14-12-10-8-6-4-2)33-54-34-37(42)41(51)43-38-30-46(45-44-38)29-35(48)31-47/h30,35-37,47-48H,3-29,31-34,42H2,1-2H3,(H,43,51)/t35-,36-,37-/m1/s1. The van der Waals surface area contributed by atoms with Crippen LogP contribution in [0.1, 0.15) is 181 Å². The molecule has 1 rings (SSSR count). The second-order valence-corrected chi connectivity index (χ2v) is 15.9. The molecule has 0 fully saturated rings. The van der Waals surface area contributed by atoms with Crippen molar-refractivity contribution >= 4 is 35.4 Å². The van der Waals surface area contributed by atoms with E-state index in [9.17, 15) is 19.5 Å². The Hall–Kier alpha value is -2.22. The van der Waals surface area contributed by atoms with Gasteiger partial charge in [0.15, 0.2) is 5.82 Å². The first kappa shape index (κ1) is 49.8. The number of nitrogens with one attached hydrogen (secondary N) is 1. The number of anilines is 1. The van der Waals surface area contributed by atoms with Crippen molar-refractivity contribution in [3.05, 3.63) is 6.20 Å². The molecule has 1 amide bonds. The van der Waals surface area contributed by atoms with Gasteiger partial charge in [0.1, 0.15) is 12.7 Å². The van der Waals surface area contributed by atoms with Crippen LogP contribution in [0.5, 0.6) is 0 Å². The summed E-state index contributed by atoms with van der Waals surface area (Å²) >= 11 is 1.35. The predicted molar refractivity (Wildman–Crippen MR) is 219 cm³/mol. The van der Waals surface area contributed by atoms with Crippen molar-refractivity contribution in [2.24, 2.45) is 5.73 Å². The Kier molecular flexibility index (Phi) is 32.5. The molecule has 0 aromatic carbocycles. The van der Waals surface area contributed by atoms with Gasteiger partial charge in [0.05, 0.1) is 31.5 Å². The van der Waals surface area contributed by atoms with Crippen molar-refractivity contribution in [2.75, 3.05) is 30.0 Å². The minimum Gasteiger partial charge on any atom is -0.462 e. The number of thioether (sulfide) groups is 1. The van der Waals surface area contributed by atoms with E-state index >= 15 is 0 Å². The van der Waals surface area contributed by atoms with Gasteiger partial charge in [-0.25, -0.2) is 4.68 Å². The fourth-order valence-corrected chi connectivity index (χ4v) is 7.15. The molecule has 0 bridgehead atoms. The SMILES string of the molecule is CCCCCCCCCCCCCCC(=O)OC[C@H](CSC[C@@H](N)C(=O)Nc1cn(C[C@@H](O)CO)nn1)OC(=O)CCCCCCCCCCCCCC. The molecule has 54 heavy (non-hydrogen) atoms. The monoisotopic (exact) mass is 784 g/mol. The van der Waals surface area contributed by atoms with Gasteiger partial charge in [0.25, 0.3) is 0 Å². The summed E-state index contributed by atoms with van der Waals surface area (Å²) in [6.45, 7) is 4.07. The normalized spacial score (nSPS) is 13.1. The predicted octanol–water partition coefficient (Wildman–Crippen LogP) is 8.27. The molecule has 1 aromatic rings. The van der Waals surface area contributed by atoms with Gasteiger partial charge in [-0.05, 0) is 12.8 Å². The highest BCUT2D eigenvalue weighted by Crippen LogP contribution is 2.16. The second-order valence-electron chi connectivity index (χ2n) is 14.9. The molecule has 0 unspecified atom stereocenters. The first-order valence-electron chi connectivity index (χ1n) is 21.5. The molecule has 1 heterocycles. The summed E-state index contributed by atoms with van der Waals surface area (Å²) < 4.78 is 12.6. The third kappa shape index (κ3) is 29.1. The van der Waals surface area contributed by atoms with Crippen LogP contribution in [-0.2, 0) is 30.4 Å². The number of nitrogens with two attached hydrogens (primary N) is 1. The lowest BCUT2D eigenvalue weighted by Crippen LogP contribution is -2.38. The highest BCUT2D eigenvalue weighted by Gasteiger charge is 2.20. The zero-order chi connectivity index (χ0) is 39.5. The largest absolute Gasteiger partial charge is 0.462 e. The Balaban J connectivity index is 2.41. The summed E-state index contributed by atoms with van der Waals surface area (Å²) in [4.78, 5) is 38.0. The van der Waals surface area contributed by atoms with Crippen molar-refractivity contribution in [1.82, 2.24) is 15.0 Å². The first-order chi connectivity index (χ1) is 26.3. The summed E-state index contributed by atoms with van der Waals surface area (Å²) in [5, 5.41) is 28.9. The van der Waals surface area contributed by atoms with E-state index in [4.69, 9.17) is 20.3 Å². The Morgan fingerprint density at radius 2 is 1.20 bits per heavy atom. The lowest BCUT2D eigenvalue weighted by molar-refractivity contribution is -0.157. The second kappa shape index (κ2) is 35.2. The number of nitrogens with zero attached hydrogens (tertiary/aromatic N) is 3. The van der Waals surface area contributed by atoms with Crippen LogP contribution in [0.15, 0.2) is 6.20 Å². The highest BCUT2D eigenvalue weighted by molar-refractivity contribution is 7.99. The van der Waals surface area contributed by atoms with Crippen molar-refractivity contribution in [3.63, 3.8) is 0 Å². The quantitative estimate of drug-likeness (QED) is 0.0375. The van der Waals surface area contributed by atoms with Crippen LogP contribution in [0, 0.1) is 0 Å². The van der Waals surface area contributed by atoms with E-state index < -0.39 is 30.8 Å². The number of hydrogen-bond donors (Lipinski definition) is 4. The van der Waals surface area contributed by atoms with E-state index in [0.717, 1.165) is 38.5 Å². The Morgan fingerprint density at radius 1 is 0.741 bits per heavy atom. The van der Waals surface area contributed by atoms with Gasteiger partial charge in [-0.3, -0.25) is 14.4 Å². The topological polar surface area (TPSA) is 179 Å². The lowest BCUT2D eigenvalue weighted by atomic mass is 10.0. The van der Waals surface area contributed by atoms with Crippen molar-refractivity contribution < 1.29 is 34.1 Å². The molecule has 0 saturated heterocycles. The minimum absolute atomic E-state index is 0.0293. The summed E-state index contributed by atoms with van der Waals surface area (Å²) in [6, 6.07) is -0.881. The van der Waals surface area contributed by atoms with Gasteiger partial charge in [0, 0.05) is 24.3 Å². The molecule has 0 spiro atoms. The van der Waals surface area contributed by atoms with Crippen LogP contribution in [-0.4, -0.2) is 86.0 Å². The molecular formula is C41H77N5O7S. The maximum absolute atomic E-state index is 12.8. The number of carbonyl (C=O) groups is 3. The average Bonchev–Trinajstić information content (AvgIpc) is 3.60. The molecular weight excluding hydrogens is 707 g/mol. The van der Waals surface area contributed by atoms with Crippen LogP contribution in [0.25, 0.3) is 0 Å². The van der Waals surface area contributed by atoms with E-state index in [1.54, 1.807) is 0 Å². The zero-order valence-corrected chi connectivity index (χ0v) is 34.8. The molecule has 0 aliphatic rings. The number of rotatable bonds is 38. The summed E-state index contributed by atoms with van der Waals surface area (Å²) in [7, 11) is 0.